The summed E-state index contributed by atoms with van der Waals surface area (Å²) in [5, 5.41) is 101. The Morgan fingerprint density at radius 1 is 0.402 bits per heavy atom. The normalized spacial score (nSPS) is 28.2. The van der Waals surface area contributed by atoms with Crippen LogP contribution in [0.2, 0.25) is 0 Å². The monoisotopic (exact) mass is 1250 g/mol. The Morgan fingerprint density at radius 2 is 0.713 bits per heavy atom. The maximum absolute atomic E-state index is 13.6. The molecule has 508 valence electrons. The number of nitrogens with one attached hydrogen (secondary N) is 4. The highest BCUT2D eigenvalue weighted by atomic mass is 16.7. The molecule has 3 aliphatic heterocycles. The lowest BCUT2D eigenvalue weighted by Gasteiger charge is -2.40. The molecule has 3 saturated heterocycles. The first kappa shape index (κ1) is 78.1. The van der Waals surface area contributed by atoms with E-state index in [1.807, 2.05) is 0 Å². The van der Waals surface area contributed by atoms with Crippen molar-refractivity contribution in [3.05, 3.63) is 0 Å². The third-order valence-electron chi connectivity index (χ3n) is 16.0. The number of carbonyl (C=O) groups excluding carboxylic acids is 5. The molecule has 13 N–H and O–H groups in total. The van der Waals surface area contributed by atoms with Gasteiger partial charge in [0.15, 0.2) is 18.9 Å². The van der Waals surface area contributed by atoms with Crippen LogP contribution in [0.3, 0.4) is 0 Å². The van der Waals surface area contributed by atoms with Crippen molar-refractivity contribution in [2.45, 2.75) is 230 Å². The molecule has 27 nitrogen and oxygen atoms in total. The molecule has 3 heterocycles. The number of hydrogen-bond acceptors (Lipinski definition) is 23. The van der Waals surface area contributed by atoms with Gasteiger partial charge in [0.25, 0.3) is 0 Å². The van der Waals surface area contributed by atoms with Crippen LogP contribution < -0.4 is 21.3 Å². The van der Waals surface area contributed by atoms with E-state index in [2.05, 4.69) is 21.3 Å². The van der Waals surface area contributed by atoms with Crippen LogP contribution in [0.5, 0.6) is 0 Å². The fraction of sp³-hybridized carbons (Fsp3) is 0.917. The zero-order chi connectivity index (χ0) is 64.2. The van der Waals surface area contributed by atoms with E-state index in [9.17, 15) is 69.9 Å². The molecule has 0 saturated carbocycles. The smallest absolute Gasteiger partial charge is 0.222 e. The first-order chi connectivity index (χ1) is 41.7. The van der Waals surface area contributed by atoms with Gasteiger partial charge in [-0.25, -0.2) is 0 Å². The Bertz CT molecular complexity index is 1720. The maximum Gasteiger partial charge on any atom is 0.222 e. The van der Waals surface area contributed by atoms with E-state index < -0.39 is 123 Å². The van der Waals surface area contributed by atoms with Crippen LogP contribution in [0.15, 0.2) is 0 Å². The second-order valence-electron chi connectivity index (χ2n) is 23.8. The van der Waals surface area contributed by atoms with Crippen molar-refractivity contribution in [1.29, 1.82) is 0 Å². The van der Waals surface area contributed by atoms with Crippen molar-refractivity contribution in [3.8, 4) is 0 Å². The number of aliphatic hydroxyl groups is 9. The van der Waals surface area contributed by atoms with Gasteiger partial charge in [0.05, 0.1) is 77.8 Å². The number of Topliss-reactive ketones (excluding diaryl/α,β-unsaturated/α-hetero) is 1. The average Bonchev–Trinajstić information content (AvgIpc) is 2.87. The van der Waals surface area contributed by atoms with Gasteiger partial charge in [-0.3, -0.25) is 24.0 Å². The number of ketones is 1. The molecule has 0 radical (unpaired) electrons. The minimum atomic E-state index is -1.34. The van der Waals surface area contributed by atoms with Gasteiger partial charge in [0.1, 0.15) is 47.9 Å². The number of hydrogen-bond donors (Lipinski definition) is 13. The number of aliphatic hydroxyl groups excluding tert-OH is 9. The zero-order valence-electron chi connectivity index (χ0n) is 52.3. The molecule has 3 aliphatic rings. The summed E-state index contributed by atoms with van der Waals surface area (Å²) in [6.07, 6.45) is -2.42. The minimum absolute atomic E-state index is 0.00231. The molecule has 3 rings (SSSR count). The molecule has 0 aromatic rings. The fourth-order valence-electron chi connectivity index (χ4n) is 10.1. The second kappa shape index (κ2) is 44.4. The molecule has 87 heavy (non-hydrogen) atoms. The molecule has 27 heteroatoms. The summed E-state index contributed by atoms with van der Waals surface area (Å²) in [5.74, 6) is -2.76. The van der Waals surface area contributed by atoms with Crippen molar-refractivity contribution in [1.82, 2.24) is 21.3 Å². The lowest BCUT2D eigenvalue weighted by atomic mass is 9.92. The van der Waals surface area contributed by atoms with Gasteiger partial charge in [0.2, 0.25) is 23.6 Å². The Morgan fingerprint density at radius 3 is 1.01 bits per heavy atom. The van der Waals surface area contributed by atoms with E-state index >= 15 is 0 Å². The molecule has 0 aromatic heterocycles. The highest BCUT2D eigenvalue weighted by molar-refractivity contribution is 5.82. The molecule has 3 fully saturated rings. The van der Waals surface area contributed by atoms with E-state index in [1.165, 1.54) is 0 Å². The summed E-state index contributed by atoms with van der Waals surface area (Å²) in [6, 6.07) is 0. The third-order valence-corrected chi connectivity index (χ3v) is 16.0. The molecule has 4 amide bonds. The number of ether oxygens (including phenoxy) is 9. The second-order valence-corrected chi connectivity index (χ2v) is 23.8. The predicted octanol–water partition coefficient (Wildman–Crippen LogP) is -0.238. The van der Waals surface area contributed by atoms with E-state index in [-0.39, 0.29) is 101 Å². The van der Waals surface area contributed by atoms with E-state index in [0.29, 0.717) is 84.4 Å². The Kier molecular flexibility index (Phi) is 39.8. The van der Waals surface area contributed by atoms with E-state index in [4.69, 9.17) is 42.6 Å². The minimum Gasteiger partial charge on any atom is -0.394 e. The lowest BCUT2D eigenvalue weighted by molar-refractivity contribution is -0.282. The van der Waals surface area contributed by atoms with Crippen LogP contribution in [0.4, 0.5) is 0 Å². The van der Waals surface area contributed by atoms with Gasteiger partial charge in [-0.05, 0) is 44.9 Å². The molecule has 6 unspecified atom stereocenters. The van der Waals surface area contributed by atoms with Crippen LogP contribution in [-0.2, 0) is 66.6 Å². The number of amides is 4. The van der Waals surface area contributed by atoms with Crippen LogP contribution in [0.1, 0.15) is 150 Å². The van der Waals surface area contributed by atoms with Crippen LogP contribution in [0.25, 0.3) is 0 Å². The Balaban J connectivity index is 1.49. The fourth-order valence-corrected chi connectivity index (χ4v) is 10.1. The van der Waals surface area contributed by atoms with Crippen LogP contribution >= 0.6 is 0 Å². The first-order valence-electron chi connectivity index (χ1n) is 31.8. The molecule has 0 bridgehead atoms. The van der Waals surface area contributed by atoms with Gasteiger partial charge >= 0.3 is 0 Å². The van der Waals surface area contributed by atoms with Gasteiger partial charge in [-0.15, -0.1) is 0 Å². The first-order valence-corrected chi connectivity index (χ1v) is 31.8. The maximum atomic E-state index is 13.6. The largest absolute Gasteiger partial charge is 0.394 e. The number of unbranched alkanes of at least 4 members (excludes halogenated alkanes) is 9. The number of carbonyl (C=O) groups is 5. The van der Waals surface area contributed by atoms with Crippen molar-refractivity contribution in [2.75, 3.05) is 98.9 Å². The predicted molar refractivity (Wildman–Crippen MR) is 314 cm³/mol. The van der Waals surface area contributed by atoms with Gasteiger partial charge < -0.3 is 110 Å². The average molecular weight is 1260 g/mol. The van der Waals surface area contributed by atoms with E-state index in [1.54, 1.807) is 34.6 Å². The standard InChI is InChI=1S/C60H110N4O23/c1-39(2)43(68)19-18-20-50(72)64-60(36-79-30-21-47(69)61-24-12-6-9-15-27-82-57-40(3)51(73)54(76)44(33-65)85-57,37-80-31-22-48(70)62-25-13-7-10-16-28-83-58-41(4)52(74)55(77)45(34-66)86-58)38-81-32-23-49(71)63-26-14-8-11-17-29-84-59-42(5)53(75)56(78)46(35-67)87-59/h39-42,44-46,51-59,65-67,73-78H,6-38H2,1-5H3,(H,61,69)(H,62,70)(H,63,71)(H,64,72)/t40?,41?,42?,44?,45?,46?,51-,52-,53-,54+,55+,56+,57-,58-,59-,60?/m1/s1. The van der Waals surface area contributed by atoms with Gasteiger partial charge in [0, 0.05) is 95.2 Å². The van der Waals surface area contributed by atoms with Crippen molar-refractivity contribution in [2.24, 2.45) is 23.7 Å². The molecule has 0 aromatic carbocycles. The quantitative estimate of drug-likeness (QED) is 0.0350. The summed E-state index contributed by atoms with van der Waals surface area (Å²) >= 11 is 0. The summed E-state index contributed by atoms with van der Waals surface area (Å²) < 4.78 is 52.4. The molecule has 0 aliphatic carbocycles. The van der Waals surface area contributed by atoms with E-state index in [0.717, 1.165) is 38.5 Å². The molecule has 15 atom stereocenters. The zero-order valence-corrected chi connectivity index (χ0v) is 52.3. The highest BCUT2D eigenvalue weighted by Gasteiger charge is 2.45. The third kappa shape index (κ3) is 29.8. The lowest BCUT2D eigenvalue weighted by Crippen LogP contribution is -2.58. The van der Waals surface area contributed by atoms with Gasteiger partial charge in [-0.2, -0.15) is 0 Å². The molecular weight excluding hydrogens is 1140 g/mol. The van der Waals surface area contributed by atoms with Crippen molar-refractivity contribution in [3.63, 3.8) is 0 Å². The summed E-state index contributed by atoms with van der Waals surface area (Å²) in [7, 11) is 0. The van der Waals surface area contributed by atoms with Crippen LogP contribution in [-0.4, -0.2) is 254 Å². The van der Waals surface area contributed by atoms with Crippen molar-refractivity contribution < 1.29 is 113 Å². The number of rotatable bonds is 48. The van der Waals surface area contributed by atoms with Crippen LogP contribution in [0, 0.1) is 23.7 Å². The Labute approximate surface area is 513 Å². The summed E-state index contributed by atoms with van der Waals surface area (Å²) in [4.78, 5) is 64.7. The topological polar surface area (TPSA) is 399 Å². The molecule has 0 spiro atoms. The van der Waals surface area contributed by atoms with Crippen molar-refractivity contribution >= 4 is 29.4 Å². The highest BCUT2D eigenvalue weighted by Crippen LogP contribution is 2.29. The van der Waals surface area contributed by atoms with Gasteiger partial charge in [-0.1, -0.05) is 73.1 Å². The Hall–Kier alpha value is -3.17. The summed E-state index contributed by atoms with van der Waals surface area (Å²) in [6.45, 7) is 9.11. The summed E-state index contributed by atoms with van der Waals surface area (Å²) in [5.41, 5.74) is -1.34. The molecular formula is C60H110N4O23. The SMILES string of the molecule is CC(C)C(=O)CCCC(=O)NC(COCCC(=O)NCCCCCCO[C@@H]1OC(CO)[C@H](O)[C@H](O)C1C)(COCCC(=O)NCCCCCCO[C@@H]1OC(CO)[C@H](O)[C@H](O)C1C)COCCC(=O)NCCCCCCO[C@@H]1OC(CO)[C@H](O)[C@H](O)C1C.